The van der Waals surface area contributed by atoms with E-state index in [4.69, 9.17) is 0 Å². The van der Waals surface area contributed by atoms with Crippen LogP contribution in [0.4, 0.5) is 0 Å². The number of hydrogen-bond acceptors (Lipinski definition) is 0. The zero-order valence-corrected chi connectivity index (χ0v) is 13.8. The molecule has 0 atom stereocenters. The van der Waals surface area contributed by atoms with Crippen LogP contribution >= 0.6 is 7.92 Å². The summed E-state index contributed by atoms with van der Waals surface area (Å²) < 4.78 is 0. The van der Waals surface area contributed by atoms with Crippen molar-refractivity contribution in [2.45, 2.75) is 67.5 Å². The van der Waals surface area contributed by atoms with E-state index < -0.39 is 7.92 Å². The minimum atomic E-state index is -0.553. The van der Waals surface area contributed by atoms with Crippen molar-refractivity contribution in [3.05, 3.63) is 0 Å². The van der Waals surface area contributed by atoms with E-state index in [1.165, 1.54) is 0 Å². The average molecular weight is 250 g/mol. The molecule has 0 radical (unpaired) electrons. The van der Waals surface area contributed by atoms with E-state index in [1.807, 2.05) is 0 Å². The first kappa shape index (κ1) is 16.6. The van der Waals surface area contributed by atoms with Crippen LogP contribution in [-0.4, -0.2) is 5.16 Å². The monoisotopic (exact) mass is 250 g/mol. The Hall–Kier alpha value is -0.450. The fourth-order valence-electron chi connectivity index (χ4n) is 0.811. The summed E-state index contributed by atoms with van der Waals surface area (Å²) in [6, 6.07) is 0. The molecular weight excluding hydrogens is 223 g/mol. The van der Waals surface area contributed by atoms with Gasteiger partial charge in [-0.3, -0.25) is 0 Å². The molecular formula is C16H27P. The van der Waals surface area contributed by atoms with Gasteiger partial charge in [-0.1, -0.05) is 43.9 Å². The number of rotatable bonds is 0. The predicted molar refractivity (Wildman–Crippen MR) is 81.1 cm³/mol. The molecule has 0 aliphatic heterocycles. The van der Waals surface area contributed by atoms with Crippen molar-refractivity contribution in [1.82, 2.24) is 0 Å². The average Bonchev–Trinajstić information content (AvgIpc) is 1.96. The van der Waals surface area contributed by atoms with E-state index in [-0.39, 0.29) is 16.0 Å². The first-order chi connectivity index (χ1) is 7.31. The molecule has 0 nitrogen and oxygen atoms in total. The van der Waals surface area contributed by atoms with Crippen molar-refractivity contribution in [2.24, 2.45) is 10.8 Å². The summed E-state index contributed by atoms with van der Waals surface area (Å²) in [5.74, 6) is 6.68. The zero-order valence-electron chi connectivity index (χ0n) is 12.9. The van der Waals surface area contributed by atoms with Crippen molar-refractivity contribution in [1.29, 1.82) is 0 Å². The Balaban J connectivity index is 5.17. The molecule has 0 rings (SSSR count). The third-order valence-corrected chi connectivity index (χ3v) is 3.77. The molecule has 96 valence electrons. The van der Waals surface area contributed by atoms with Gasteiger partial charge in [0, 0.05) is 16.0 Å². The van der Waals surface area contributed by atoms with Gasteiger partial charge >= 0.3 is 0 Å². The first-order valence-electron chi connectivity index (χ1n) is 6.17. The number of hydrogen-bond donors (Lipinski definition) is 0. The van der Waals surface area contributed by atoms with E-state index in [2.05, 4.69) is 85.5 Å². The van der Waals surface area contributed by atoms with Crippen molar-refractivity contribution < 1.29 is 0 Å². The van der Waals surface area contributed by atoms with Gasteiger partial charge in [-0.05, 0) is 41.5 Å². The van der Waals surface area contributed by atoms with Gasteiger partial charge < -0.3 is 0 Å². The molecule has 0 aromatic rings. The van der Waals surface area contributed by atoms with Crippen LogP contribution in [0.15, 0.2) is 0 Å². The second-order valence-electron chi connectivity index (χ2n) is 7.48. The van der Waals surface area contributed by atoms with E-state index in [0.717, 1.165) is 0 Å². The largest absolute Gasteiger partial charge is 0.0917 e. The molecule has 0 saturated carbocycles. The summed E-state index contributed by atoms with van der Waals surface area (Å²) in [5.41, 5.74) is 6.96. The minimum Gasteiger partial charge on any atom is -0.0917 e. The molecule has 0 aromatic carbocycles. The van der Waals surface area contributed by atoms with Gasteiger partial charge in [0.25, 0.3) is 0 Å². The molecule has 0 N–H and O–H groups in total. The molecule has 0 spiro atoms. The van der Waals surface area contributed by atoms with Crippen LogP contribution in [0.3, 0.4) is 0 Å². The highest BCUT2D eigenvalue weighted by atomic mass is 31.1. The minimum absolute atomic E-state index is 0.0647. The van der Waals surface area contributed by atoms with E-state index >= 15 is 0 Å². The van der Waals surface area contributed by atoms with Gasteiger partial charge in [0.15, 0.2) is 0 Å². The third kappa shape index (κ3) is 9.27. The van der Waals surface area contributed by atoms with Crippen LogP contribution in [-0.2, 0) is 0 Å². The molecule has 0 heterocycles. The Morgan fingerprint density at radius 3 is 1.06 bits per heavy atom. The molecule has 0 aliphatic rings. The van der Waals surface area contributed by atoms with Crippen molar-refractivity contribution in [3.8, 4) is 23.2 Å². The van der Waals surface area contributed by atoms with Gasteiger partial charge in [0.1, 0.15) is 0 Å². The van der Waals surface area contributed by atoms with Crippen molar-refractivity contribution in [2.75, 3.05) is 0 Å². The van der Waals surface area contributed by atoms with Crippen LogP contribution in [0.25, 0.3) is 0 Å². The van der Waals surface area contributed by atoms with Crippen LogP contribution in [0.2, 0.25) is 0 Å². The van der Waals surface area contributed by atoms with E-state index in [0.29, 0.717) is 0 Å². The van der Waals surface area contributed by atoms with Gasteiger partial charge in [-0.15, -0.1) is 0 Å². The molecule has 0 unspecified atom stereocenters. The lowest BCUT2D eigenvalue weighted by Gasteiger charge is -2.22. The zero-order chi connectivity index (χ0) is 13.9. The van der Waals surface area contributed by atoms with Gasteiger partial charge in [-0.25, -0.2) is 0 Å². The SMILES string of the molecule is CC(C)(C)C#CP(C#CC(C)(C)C)C(C)(C)C. The first-order valence-corrected chi connectivity index (χ1v) is 7.51. The Bertz CT molecular complexity index is 329. The fraction of sp³-hybridized carbons (Fsp3) is 0.750. The highest BCUT2D eigenvalue weighted by Gasteiger charge is 2.22. The quantitative estimate of drug-likeness (QED) is 0.405. The molecule has 0 fully saturated rings. The van der Waals surface area contributed by atoms with Gasteiger partial charge in [-0.2, -0.15) is 0 Å². The van der Waals surface area contributed by atoms with E-state index in [1.54, 1.807) is 0 Å². The maximum absolute atomic E-state index is 3.41. The van der Waals surface area contributed by atoms with Crippen LogP contribution in [0, 0.1) is 34.0 Å². The smallest absolute Gasteiger partial charge is 0.0556 e. The lowest BCUT2D eigenvalue weighted by molar-refractivity contribution is 0.571. The fourth-order valence-corrected chi connectivity index (χ4v) is 2.43. The molecule has 0 amide bonds. The molecule has 0 aliphatic carbocycles. The standard InChI is InChI=1S/C16H27P/c1-14(2,3)10-12-17(16(7,8)9)13-11-15(4,5)6/h1-9H3. The van der Waals surface area contributed by atoms with E-state index in [9.17, 15) is 0 Å². The third-order valence-electron chi connectivity index (χ3n) is 1.76. The topological polar surface area (TPSA) is 0 Å². The second-order valence-corrected chi connectivity index (χ2v) is 9.94. The Morgan fingerprint density at radius 1 is 0.588 bits per heavy atom. The summed E-state index contributed by atoms with van der Waals surface area (Å²) in [5, 5.41) is 0.172. The van der Waals surface area contributed by atoms with Crippen molar-refractivity contribution >= 4 is 7.92 Å². The van der Waals surface area contributed by atoms with Crippen LogP contribution < -0.4 is 0 Å². The Morgan fingerprint density at radius 2 is 0.882 bits per heavy atom. The summed E-state index contributed by atoms with van der Waals surface area (Å²) in [6.07, 6.45) is 0. The predicted octanol–water partition coefficient (Wildman–Crippen LogP) is 5.28. The summed E-state index contributed by atoms with van der Waals surface area (Å²) in [7, 11) is -0.553. The summed E-state index contributed by atoms with van der Waals surface area (Å²) in [6.45, 7) is 19.6. The lowest BCUT2D eigenvalue weighted by atomic mass is 9.99. The maximum Gasteiger partial charge on any atom is 0.0556 e. The molecule has 0 aromatic heterocycles. The normalized spacial score (nSPS) is 12.6. The molecule has 0 bridgehead atoms. The van der Waals surface area contributed by atoms with Crippen LogP contribution in [0.5, 0.6) is 0 Å². The van der Waals surface area contributed by atoms with Gasteiger partial charge in [0.05, 0.1) is 7.92 Å². The van der Waals surface area contributed by atoms with Gasteiger partial charge in [0.2, 0.25) is 0 Å². The summed E-state index contributed by atoms with van der Waals surface area (Å²) >= 11 is 0. The highest BCUT2D eigenvalue weighted by molar-refractivity contribution is 7.69. The maximum atomic E-state index is 3.41. The summed E-state index contributed by atoms with van der Waals surface area (Å²) in [4.78, 5) is 0. The lowest BCUT2D eigenvalue weighted by Crippen LogP contribution is -2.10. The van der Waals surface area contributed by atoms with Crippen LogP contribution in [0.1, 0.15) is 62.3 Å². The van der Waals surface area contributed by atoms with Crippen molar-refractivity contribution in [3.63, 3.8) is 0 Å². The Kier molecular flexibility index (Phi) is 5.32. The Labute approximate surface area is 110 Å². The molecule has 1 heteroatoms. The second kappa shape index (κ2) is 5.46. The highest BCUT2D eigenvalue weighted by Crippen LogP contribution is 2.47. The molecule has 17 heavy (non-hydrogen) atoms. The molecule has 0 saturated heterocycles.